The van der Waals surface area contributed by atoms with Crippen molar-refractivity contribution in [2.75, 3.05) is 15.4 Å². The topological polar surface area (TPSA) is 124 Å². The molecule has 0 atom stereocenters. The van der Waals surface area contributed by atoms with E-state index in [-0.39, 0.29) is 4.90 Å². The number of rotatable bonds is 5. The number of nitrogens with zero attached hydrogens (tertiary/aromatic N) is 2. The third-order valence-electron chi connectivity index (χ3n) is 4.62. The monoisotopic (exact) mass is 477 g/mol. The Morgan fingerprint density at radius 1 is 0.939 bits per heavy atom. The molecule has 164 valence electrons. The summed E-state index contributed by atoms with van der Waals surface area (Å²) in [6, 6.07) is 20.2. The van der Waals surface area contributed by atoms with Gasteiger partial charge in [-0.2, -0.15) is 5.26 Å². The molecule has 0 bridgehead atoms. The van der Waals surface area contributed by atoms with E-state index in [1.807, 2.05) is 6.07 Å². The zero-order valence-electron chi connectivity index (χ0n) is 16.9. The fourth-order valence-electron chi connectivity index (χ4n) is 3.09. The lowest BCUT2D eigenvalue weighted by molar-refractivity contribution is 0.262. The molecule has 3 aromatic carbocycles. The Kier molecular flexibility index (Phi) is 6.13. The number of fused-ring (bicyclic) bond motifs is 1. The standard InChI is InChI=1S/C23H16ClN5O3S/c24-16-4-9-20-21(10-11-26-22(20)13-16)29-33(31,32)19-7-5-17(6-8-19)27-23(30)28-18-3-1-2-15(12-18)14-25/h1-13H,(H,26,29)(H2,27,28,30). The molecular weight excluding hydrogens is 462 g/mol. The van der Waals surface area contributed by atoms with Crippen LogP contribution in [0, 0.1) is 11.3 Å². The van der Waals surface area contributed by atoms with E-state index < -0.39 is 16.1 Å². The summed E-state index contributed by atoms with van der Waals surface area (Å²) >= 11 is 5.98. The average Bonchev–Trinajstić information content (AvgIpc) is 2.79. The smallest absolute Gasteiger partial charge is 0.308 e. The van der Waals surface area contributed by atoms with Gasteiger partial charge >= 0.3 is 6.03 Å². The lowest BCUT2D eigenvalue weighted by atomic mass is 10.2. The van der Waals surface area contributed by atoms with Crippen LogP contribution in [0.5, 0.6) is 0 Å². The number of halogens is 1. The number of nitriles is 1. The van der Waals surface area contributed by atoms with Crippen molar-refractivity contribution in [2.45, 2.75) is 4.90 Å². The van der Waals surface area contributed by atoms with Gasteiger partial charge in [-0.05, 0) is 66.7 Å². The van der Waals surface area contributed by atoms with Crippen LogP contribution in [0.25, 0.3) is 10.9 Å². The maximum atomic E-state index is 12.9. The molecular formula is C23H16ClN5O3S. The van der Waals surface area contributed by atoms with Crippen LogP contribution in [0.3, 0.4) is 0 Å². The zero-order valence-corrected chi connectivity index (χ0v) is 18.5. The number of sulfonamides is 1. The number of hydrogen-bond acceptors (Lipinski definition) is 5. The second kappa shape index (κ2) is 9.16. The molecule has 1 heterocycles. The SMILES string of the molecule is N#Cc1cccc(NC(=O)Nc2ccc(S(=O)(=O)Nc3ccnc4cc(Cl)ccc34)cc2)c1. The quantitative estimate of drug-likeness (QED) is 0.364. The highest BCUT2D eigenvalue weighted by atomic mass is 35.5. The van der Waals surface area contributed by atoms with Crippen LogP contribution in [0.15, 0.2) is 83.9 Å². The Hall–Kier alpha value is -4.13. The van der Waals surface area contributed by atoms with Gasteiger partial charge in [-0.3, -0.25) is 9.71 Å². The summed E-state index contributed by atoms with van der Waals surface area (Å²) in [5, 5.41) is 15.3. The summed E-state index contributed by atoms with van der Waals surface area (Å²) in [4.78, 5) is 16.4. The molecule has 0 radical (unpaired) electrons. The van der Waals surface area contributed by atoms with Crippen LogP contribution in [0.2, 0.25) is 5.02 Å². The summed E-state index contributed by atoms with van der Waals surface area (Å²) in [5.41, 5.74) is 2.21. The maximum absolute atomic E-state index is 12.9. The van der Waals surface area contributed by atoms with Crippen LogP contribution in [-0.2, 0) is 10.0 Å². The molecule has 0 aliphatic heterocycles. The van der Waals surface area contributed by atoms with Crippen molar-refractivity contribution in [2.24, 2.45) is 0 Å². The van der Waals surface area contributed by atoms with Gasteiger partial charge in [0.25, 0.3) is 10.0 Å². The summed E-state index contributed by atoms with van der Waals surface area (Å²) in [6.45, 7) is 0. The molecule has 2 amide bonds. The fraction of sp³-hybridized carbons (Fsp3) is 0. The van der Waals surface area contributed by atoms with E-state index in [1.165, 1.54) is 36.5 Å². The first-order valence-electron chi connectivity index (χ1n) is 9.59. The van der Waals surface area contributed by atoms with Crippen molar-refractivity contribution in [3.63, 3.8) is 0 Å². The highest BCUT2D eigenvalue weighted by Crippen LogP contribution is 2.27. The Morgan fingerprint density at radius 2 is 1.70 bits per heavy atom. The van der Waals surface area contributed by atoms with Crippen molar-refractivity contribution < 1.29 is 13.2 Å². The van der Waals surface area contributed by atoms with Gasteiger partial charge in [0.15, 0.2) is 0 Å². The predicted octanol–water partition coefficient (Wildman–Crippen LogP) is 5.20. The van der Waals surface area contributed by atoms with Gasteiger partial charge in [-0.25, -0.2) is 13.2 Å². The molecule has 0 aliphatic rings. The van der Waals surface area contributed by atoms with E-state index in [9.17, 15) is 13.2 Å². The first-order chi connectivity index (χ1) is 15.8. The van der Waals surface area contributed by atoms with Gasteiger partial charge in [-0.15, -0.1) is 0 Å². The van der Waals surface area contributed by atoms with Gasteiger partial charge in [0.05, 0.1) is 27.7 Å². The molecule has 0 spiro atoms. The molecule has 4 aromatic rings. The number of nitrogens with one attached hydrogen (secondary N) is 3. The maximum Gasteiger partial charge on any atom is 0.323 e. The first-order valence-corrected chi connectivity index (χ1v) is 11.5. The number of amides is 2. The summed E-state index contributed by atoms with van der Waals surface area (Å²) in [6.07, 6.45) is 1.49. The molecule has 3 N–H and O–H groups in total. The zero-order chi connectivity index (χ0) is 23.4. The Morgan fingerprint density at radius 3 is 2.45 bits per heavy atom. The van der Waals surface area contributed by atoms with Crippen molar-refractivity contribution in [3.05, 3.63) is 89.6 Å². The average molecular weight is 478 g/mol. The lowest BCUT2D eigenvalue weighted by Gasteiger charge is -2.12. The van der Waals surface area contributed by atoms with Gasteiger partial charge in [0.2, 0.25) is 0 Å². The number of carbonyl (C=O) groups excluding carboxylic acids is 1. The van der Waals surface area contributed by atoms with Gasteiger partial charge < -0.3 is 10.6 Å². The van der Waals surface area contributed by atoms with Crippen LogP contribution in [-0.4, -0.2) is 19.4 Å². The van der Waals surface area contributed by atoms with Crippen LogP contribution < -0.4 is 15.4 Å². The molecule has 10 heteroatoms. The third-order valence-corrected chi connectivity index (χ3v) is 6.24. The van der Waals surface area contributed by atoms with E-state index in [0.717, 1.165) is 0 Å². The number of urea groups is 1. The van der Waals surface area contributed by atoms with E-state index in [4.69, 9.17) is 16.9 Å². The molecule has 33 heavy (non-hydrogen) atoms. The fourth-order valence-corrected chi connectivity index (χ4v) is 4.34. The van der Waals surface area contributed by atoms with E-state index >= 15 is 0 Å². The van der Waals surface area contributed by atoms with E-state index in [1.54, 1.807) is 42.5 Å². The second-order valence-corrected chi connectivity index (χ2v) is 9.04. The predicted molar refractivity (Wildman–Crippen MR) is 128 cm³/mol. The molecule has 8 nitrogen and oxygen atoms in total. The number of hydrogen-bond donors (Lipinski definition) is 3. The molecule has 0 saturated heterocycles. The van der Waals surface area contributed by atoms with E-state index in [2.05, 4.69) is 20.3 Å². The molecule has 0 aliphatic carbocycles. The van der Waals surface area contributed by atoms with Crippen molar-refractivity contribution >= 4 is 55.6 Å². The Balaban J connectivity index is 1.47. The van der Waals surface area contributed by atoms with Crippen LogP contribution in [0.1, 0.15) is 5.56 Å². The molecule has 4 rings (SSSR count). The normalized spacial score (nSPS) is 10.9. The van der Waals surface area contributed by atoms with Crippen molar-refractivity contribution in [3.8, 4) is 6.07 Å². The lowest BCUT2D eigenvalue weighted by Crippen LogP contribution is -2.19. The third kappa shape index (κ3) is 5.20. The molecule has 0 saturated carbocycles. The summed E-state index contributed by atoms with van der Waals surface area (Å²) in [7, 11) is -3.89. The largest absolute Gasteiger partial charge is 0.323 e. The number of aromatic nitrogens is 1. The molecule has 0 unspecified atom stereocenters. The summed E-state index contributed by atoms with van der Waals surface area (Å²) < 4.78 is 28.3. The minimum Gasteiger partial charge on any atom is -0.308 e. The number of carbonyl (C=O) groups is 1. The van der Waals surface area contributed by atoms with Crippen LogP contribution >= 0.6 is 11.6 Å². The Bertz CT molecular complexity index is 1500. The molecule has 0 fully saturated rings. The van der Waals surface area contributed by atoms with E-state index in [0.29, 0.717) is 38.6 Å². The molecule has 1 aromatic heterocycles. The van der Waals surface area contributed by atoms with Crippen molar-refractivity contribution in [1.29, 1.82) is 5.26 Å². The second-order valence-electron chi connectivity index (χ2n) is 6.92. The highest BCUT2D eigenvalue weighted by molar-refractivity contribution is 7.92. The van der Waals surface area contributed by atoms with Crippen LogP contribution in [0.4, 0.5) is 21.9 Å². The minimum atomic E-state index is -3.89. The van der Waals surface area contributed by atoms with Crippen molar-refractivity contribution in [1.82, 2.24) is 4.98 Å². The number of benzene rings is 3. The minimum absolute atomic E-state index is 0.0223. The summed E-state index contributed by atoms with van der Waals surface area (Å²) in [5.74, 6) is 0. The highest BCUT2D eigenvalue weighted by Gasteiger charge is 2.16. The first kappa shape index (κ1) is 22.1. The van der Waals surface area contributed by atoms with Gasteiger partial charge in [0.1, 0.15) is 0 Å². The number of anilines is 3. The van der Waals surface area contributed by atoms with Gasteiger partial charge in [-0.1, -0.05) is 17.7 Å². The van der Waals surface area contributed by atoms with Gasteiger partial charge in [0, 0.05) is 28.0 Å². The Labute approximate surface area is 194 Å². The number of pyridine rings is 1.